The molecule has 0 radical (unpaired) electrons. The van der Waals surface area contributed by atoms with Crippen LogP contribution in [0, 0.1) is 0 Å². The highest BCUT2D eigenvalue weighted by molar-refractivity contribution is 5.88. The molecule has 1 amide bonds. The molecule has 0 spiro atoms. The van der Waals surface area contributed by atoms with Crippen LogP contribution in [0.1, 0.15) is 73.6 Å². The van der Waals surface area contributed by atoms with Crippen molar-refractivity contribution in [3.8, 4) is 0 Å². The van der Waals surface area contributed by atoms with E-state index in [1.54, 1.807) is 6.92 Å². The summed E-state index contributed by atoms with van der Waals surface area (Å²) in [6.07, 6.45) is 5.78. The van der Waals surface area contributed by atoms with E-state index in [0.29, 0.717) is 19.4 Å². The minimum absolute atomic E-state index is 0.0204. The highest BCUT2D eigenvalue weighted by Gasteiger charge is 2.19. The van der Waals surface area contributed by atoms with Gasteiger partial charge in [-0.2, -0.15) is 0 Å². The van der Waals surface area contributed by atoms with Crippen molar-refractivity contribution in [3.63, 3.8) is 0 Å². The Bertz CT molecular complexity index is 349. The molecule has 2 N–H and O–H groups in total. The first-order chi connectivity index (χ1) is 10.9. The van der Waals surface area contributed by atoms with Gasteiger partial charge < -0.3 is 15.2 Å². The van der Waals surface area contributed by atoms with Crippen LogP contribution in [0.2, 0.25) is 0 Å². The Morgan fingerprint density at radius 1 is 1.30 bits per heavy atom. The maximum Gasteiger partial charge on any atom is 0.333 e. The highest BCUT2D eigenvalue weighted by Crippen LogP contribution is 2.19. The van der Waals surface area contributed by atoms with Gasteiger partial charge in [-0.15, -0.1) is 0 Å². The zero-order valence-electron chi connectivity index (χ0n) is 15.6. The molecule has 23 heavy (non-hydrogen) atoms. The Labute approximate surface area is 141 Å². The van der Waals surface area contributed by atoms with E-state index in [1.807, 2.05) is 33.8 Å². The third-order valence-electron chi connectivity index (χ3n) is 3.30. The van der Waals surface area contributed by atoms with Gasteiger partial charge in [-0.05, 0) is 39.0 Å². The normalized spacial score (nSPS) is 16.2. The van der Waals surface area contributed by atoms with Crippen molar-refractivity contribution in [1.82, 2.24) is 5.32 Å². The Kier molecular flexibility index (Phi) is 16.1. The van der Waals surface area contributed by atoms with Crippen molar-refractivity contribution in [2.75, 3.05) is 6.61 Å². The van der Waals surface area contributed by atoms with Crippen molar-refractivity contribution >= 4 is 11.9 Å². The van der Waals surface area contributed by atoms with Crippen LogP contribution in [-0.2, 0) is 14.3 Å². The minimum Gasteiger partial charge on any atom is -0.463 e. The van der Waals surface area contributed by atoms with E-state index in [2.05, 4.69) is 5.32 Å². The number of nitrogens with one attached hydrogen (secondary N) is 1. The summed E-state index contributed by atoms with van der Waals surface area (Å²) in [5.41, 5.74) is 0.735. The van der Waals surface area contributed by atoms with Gasteiger partial charge in [-0.25, -0.2) is 4.79 Å². The monoisotopic (exact) mass is 329 g/mol. The summed E-state index contributed by atoms with van der Waals surface area (Å²) in [7, 11) is 0. The predicted octanol–water partition coefficient (Wildman–Crippen LogP) is 3.36. The number of carbonyl (C=O) groups excluding carboxylic acids is 2. The van der Waals surface area contributed by atoms with E-state index in [4.69, 9.17) is 9.84 Å². The molecule has 1 rings (SSSR count). The Hall–Kier alpha value is -1.36. The van der Waals surface area contributed by atoms with E-state index in [9.17, 15) is 9.59 Å². The summed E-state index contributed by atoms with van der Waals surface area (Å²) in [4.78, 5) is 22.2. The van der Waals surface area contributed by atoms with Gasteiger partial charge in [0.05, 0.1) is 12.7 Å². The van der Waals surface area contributed by atoms with Gasteiger partial charge in [-0.1, -0.05) is 33.8 Å². The molecule has 0 saturated heterocycles. The molecule has 0 fully saturated rings. The van der Waals surface area contributed by atoms with Crippen LogP contribution >= 0.6 is 0 Å². The van der Waals surface area contributed by atoms with Gasteiger partial charge in [-0.3, -0.25) is 4.79 Å². The Morgan fingerprint density at radius 3 is 2.17 bits per heavy atom. The largest absolute Gasteiger partial charge is 0.463 e. The summed E-state index contributed by atoms with van der Waals surface area (Å²) < 4.78 is 4.90. The number of esters is 1. The maximum atomic E-state index is 11.3. The summed E-state index contributed by atoms with van der Waals surface area (Å²) in [5, 5.41) is 11.5. The van der Waals surface area contributed by atoms with Crippen LogP contribution in [0.5, 0.6) is 0 Å². The van der Waals surface area contributed by atoms with E-state index in [0.717, 1.165) is 24.8 Å². The van der Waals surface area contributed by atoms with Crippen molar-refractivity contribution in [2.24, 2.45) is 0 Å². The molecule has 0 bridgehead atoms. The second kappa shape index (κ2) is 15.5. The molecule has 0 aromatic rings. The minimum atomic E-state index is -0.223. The molecule has 0 heterocycles. The lowest BCUT2D eigenvalue weighted by molar-refractivity contribution is -0.138. The van der Waals surface area contributed by atoms with Crippen LogP contribution in [-0.4, -0.2) is 35.7 Å². The molecule has 1 aliphatic carbocycles. The second-order valence-electron chi connectivity index (χ2n) is 5.09. The van der Waals surface area contributed by atoms with Gasteiger partial charge in [0.25, 0.3) is 0 Å². The van der Waals surface area contributed by atoms with Crippen LogP contribution in [0.15, 0.2) is 11.6 Å². The number of hydrogen-bond donors (Lipinski definition) is 2. The molecular weight excluding hydrogens is 294 g/mol. The lowest BCUT2D eigenvalue weighted by Gasteiger charge is -2.21. The third kappa shape index (κ3) is 12.8. The summed E-state index contributed by atoms with van der Waals surface area (Å²) in [6.45, 7) is 11.7. The molecule has 136 valence electrons. The van der Waals surface area contributed by atoms with Crippen molar-refractivity contribution < 1.29 is 19.4 Å². The number of carbonyl (C=O) groups is 2. The fraction of sp³-hybridized carbons (Fsp3) is 0.778. The van der Waals surface area contributed by atoms with Crippen LogP contribution in [0.4, 0.5) is 0 Å². The summed E-state index contributed by atoms with van der Waals surface area (Å²) in [5.74, 6) is -0.244. The van der Waals surface area contributed by atoms with E-state index >= 15 is 0 Å². The molecule has 1 aliphatic rings. The molecule has 0 aliphatic heterocycles. The van der Waals surface area contributed by atoms with E-state index in [1.165, 1.54) is 6.92 Å². The second-order valence-corrected chi connectivity index (χ2v) is 5.09. The number of aliphatic hydroxyl groups is 1. The highest BCUT2D eigenvalue weighted by atomic mass is 16.5. The lowest BCUT2D eigenvalue weighted by atomic mass is 9.95. The van der Waals surface area contributed by atoms with Gasteiger partial charge in [0, 0.05) is 18.5 Å². The number of hydrogen-bond acceptors (Lipinski definition) is 4. The molecular formula is C18H35NO4. The van der Waals surface area contributed by atoms with Crippen molar-refractivity contribution in [3.05, 3.63) is 11.6 Å². The molecule has 0 aromatic heterocycles. The van der Waals surface area contributed by atoms with Gasteiger partial charge in [0.1, 0.15) is 0 Å². The van der Waals surface area contributed by atoms with Crippen LogP contribution in [0.3, 0.4) is 0 Å². The number of amides is 1. The molecule has 0 unspecified atom stereocenters. The fourth-order valence-corrected chi connectivity index (χ4v) is 1.95. The summed E-state index contributed by atoms with van der Waals surface area (Å²) >= 11 is 0. The van der Waals surface area contributed by atoms with E-state index in [-0.39, 0.29) is 24.0 Å². The standard InChI is InChI=1S/C11H17NO3.C5H12O.C2H6/c1-3-15-11(14)9-4-6-10(7-5-9)12-8(2)13;1-3-5(6)4-2;1-2/h4,10H,3,5-7H2,1-2H3,(H,12,13);5-6H,3-4H2,1-2H3;1-2H3/t10-;;/m0../s1. The predicted molar refractivity (Wildman–Crippen MR) is 94.1 cm³/mol. The zero-order valence-corrected chi connectivity index (χ0v) is 15.6. The first-order valence-corrected chi connectivity index (χ1v) is 8.75. The molecule has 0 aromatic carbocycles. The van der Waals surface area contributed by atoms with Crippen molar-refractivity contribution in [2.45, 2.75) is 85.8 Å². The number of aliphatic hydroxyl groups excluding tert-OH is 1. The van der Waals surface area contributed by atoms with Crippen LogP contribution < -0.4 is 5.32 Å². The Balaban J connectivity index is 0. The first kappa shape index (κ1) is 23.9. The SMILES string of the molecule is CC.CCC(O)CC.CCOC(=O)C1=CC[C@H](NC(C)=O)CC1. The molecule has 1 atom stereocenters. The first-order valence-electron chi connectivity index (χ1n) is 8.75. The average Bonchev–Trinajstić information content (AvgIpc) is 2.57. The smallest absolute Gasteiger partial charge is 0.333 e. The topological polar surface area (TPSA) is 75.6 Å². The van der Waals surface area contributed by atoms with Gasteiger partial charge >= 0.3 is 5.97 Å². The van der Waals surface area contributed by atoms with Gasteiger partial charge in [0.2, 0.25) is 5.91 Å². The lowest BCUT2D eigenvalue weighted by Crippen LogP contribution is -2.34. The fourth-order valence-electron chi connectivity index (χ4n) is 1.95. The maximum absolute atomic E-state index is 11.3. The zero-order chi connectivity index (χ0) is 18.3. The van der Waals surface area contributed by atoms with E-state index < -0.39 is 0 Å². The average molecular weight is 329 g/mol. The molecule has 5 heteroatoms. The number of rotatable bonds is 5. The summed E-state index contributed by atoms with van der Waals surface area (Å²) in [6, 6.07) is 0.167. The van der Waals surface area contributed by atoms with Crippen molar-refractivity contribution in [1.29, 1.82) is 0 Å². The van der Waals surface area contributed by atoms with Gasteiger partial charge in [0.15, 0.2) is 0 Å². The molecule has 0 saturated carbocycles. The quantitative estimate of drug-likeness (QED) is 0.758. The van der Waals surface area contributed by atoms with Crippen LogP contribution in [0.25, 0.3) is 0 Å². The Morgan fingerprint density at radius 2 is 1.87 bits per heavy atom. The third-order valence-corrected chi connectivity index (χ3v) is 3.30. The number of ether oxygens (including phenoxy) is 1. The molecule has 5 nitrogen and oxygen atoms in total.